The third-order valence-electron chi connectivity index (χ3n) is 2.76. The standard InChI is InChI=1S/C11H12ClN3S/c12-8-2-1-3-9-10(8)15-11(16-9)14-7-4-5-13-6-7/h1-3,7,13H,4-6H2,(H,14,15). The van der Waals surface area contributed by atoms with Crippen LogP contribution in [0.3, 0.4) is 0 Å². The molecule has 84 valence electrons. The Labute approximate surface area is 103 Å². The number of fused-ring (bicyclic) bond motifs is 1. The lowest BCUT2D eigenvalue weighted by Gasteiger charge is -2.08. The first-order valence-electron chi connectivity index (χ1n) is 5.35. The van der Waals surface area contributed by atoms with Crippen molar-refractivity contribution < 1.29 is 0 Å². The van der Waals surface area contributed by atoms with Gasteiger partial charge in [-0.25, -0.2) is 4.98 Å². The first kappa shape index (κ1) is 10.3. The fourth-order valence-corrected chi connectivity index (χ4v) is 3.17. The summed E-state index contributed by atoms with van der Waals surface area (Å²) in [7, 11) is 0. The summed E-state index contributed by atoms with van der Waals surface area (Å²) in [6.45, 7) is 2.10. The summed E-state index contributed by atoms with van der Waals surface area (Å²) in [6.07, 6.45) is 1.16. The predicted octanol–water partition coefficient (Wildman–Crippen LogP) is 2.72. The average Bonchev–Trinajstić information content (AvgIpc) is 2.88. The highest BCUT2D eigenvalue weighted by molar-refractivity contribution is 7.22. The maximum atomic E-state index is 6.09. The fourth-order valence-electron chi connectivity index (χ4n) is 1.93. The molecule has 0 radical (unpaired) electrons. The number of nitrogens with zero attached hydrogens (tertiary/aromatic N) is 1. The molecule has 0 amide bonds. The van der Waals surface area contributed by atoms with Crippen molar-refractivity contribution in [1.29, 1.82) is 0 Å². The van der Waals surface area contributed by atoms with Gasteiger partial charge in [-0.3, -0.25) is 0 Å². The van der Waals surface area contributed by atoms with E-state index in [4.69, 9.17) is 11.6 Å². The normalized spacial score (nSPS) is 20.4. The highest BCUT2D eigenvalue weighted by Gasteiger charge is 2.16. The summed E-state index contributed by atoms with van der Waals surface area (Å²) in [5.74, 6) is 0. The van der Waals surface area contributed by atoms with Crippen molar-refractivity contribution in [2.45, 2.75) is 12.5 Å². The highest BCUT2D eigenvalue weighted by atomic mass is 35.5. The Kier molecular flexibility index (Phi) is 2.71. The lowest BCUT2D eigenvalue weighted by molar-refractivity contribution is 0.792. The molecule has 1 atom stereocenters. The van der Waals surface area contributed by atoms with E-state index in [0.29, 0.717) is 6.04 Å². The molecule has 0 spiro atoms. The van der Waals surface area contributed by atoms with Crippen molar-refractivity contribution in [2.75, 3.05) is 18.4 Å². The number of aromatic nitrogens is 1. The molecule has 2 aromatic rings. The molecule has 3 nitrogen and oxygen atoms in total. The molecule has 0 saturated carbocycles. The van der Waals surface area contributed by atoms with Gasteiger partial charge in [-0.05, 0) is 25.1 Å². The summed E-state index contributed by atoms with van der Waals surface area (Å²) in [5, 5.41) is 8.47. The molecule has 5 heteroatoms. The van der Waals surface area contributed by atoms with Crippen LogP contribution >= 0.6 is 22.9 Å². The second kappa shape index (κ2) is 4.20. The van der Waals surface area contributed by atoms with Gasteiger partial charge in [-0.2, -0.15) is 0 Å². The number of anilines is 1. The molecule has 0 aliphatic carbocycles. The van der Waals surface area contributed by atoms with Crippen LogP contribution in [0.5, 0.6) is 0 Å². The third-order valence-corrected chi connectivity index (χ3v) is 4.01. The van der Waals surface area contributed by atoms with Gasteiger partial charge in [-0.15, -0.1) is 0 Å². The van der Waals surface area contributed by atoms with E-state index in [0.717, 1.165) is 39.9 Å². The number of thiazole rings is 1. The van der Waals surface area contributed by atoms with Crippen LogP contribution in [-0.4, -0.2) is 24.1 Å². The molecule has 1 saturated heterocycles. The van der Waals surface area contributed by atoms with Gasteiger partial charge in [0.15, 0.2) is 5.13 Å². The van der Waals surface area contributed by atoms with Crippen LogP contribution in [0.15, 0.2) is 18.2 Å². The number of halogens is 1. The van der Waals surface area contributed by atoms with E-state index < -0.39 is 0 Å². The van der Waals surface area contributed by atoms with Crippen molar-refractivity contribution in [3.05, 3.63) is 23.2 Å². The van der Waals surface area contributed by atoms with Gasteiger partial charge in [0.2, 0.25) is 0 Å². The zero-order valence-corrected chi connectivity index (χ0v) is 10.2. The zero-order valence-electron chi connectivity index (χ0n) is 8.66. The van der Waals surface area contributed by atoms with E-state index in [2.05, 4.69) is 21.7 Å². The molecule has 3 rings (SSSR count). The van der Waals surface area contributed by atoms with Gasteiger partial charge in [0.05, 0.1) is 9.72 Å². The van der Waals surface area contributed by atoms with Crippen LogP contribution < -0.4 is 10.6 Å². The van der Waals surface area contributed by atoms with Crippen molar-refractivity contribution in [1.82, 2.24) is 10.3 Å². The van der Waals surface area contributed by atoms with Gasteiger partial charge in [0, 0.05) is 12.6 Å². The van der Waals surface area contributed by atoms with Crippen LogP contribution in [0.2, 0.25) is 5.02 Å². The van der Waals surface area contributed by atoms with Gasteiger partial charge in [0.25, 0.3) is 0 Å². The van der Waals surface area contributed by atoms with Crippen LogP contribution in [-0.2, 0) is 0 Å². The molecule has 16 heavy (non-hydrogen) atoms. The lowest BCUT2D eigenvalue weighted by atomic mass is 10.3. The summed E-state index contributed by atoms with van der Waals surface area (Å²) in [6, 6.07) is 6.39. The van der Waals surface area contributed by atoms with Crippen LogP contribution in [0.25, 0.3) is 10.2 Å². The van der Waals surface area contributed by atoms with Crippen molar-refractivity contribution >= 4 is 38.3 Å². The number of rotatable bonds is 2. The molecule has 1 aromatic heterocycles. The first-order valence-corrected chi connectivity index (χ1v) is 6.55. The minimum Gasteiger partial charge on any atom is -0.357 e. The molecule has 1 aliphatic rings. The van der Waals surface area contributed by atoms with Crippen LogP contribution in [0.4, 0.5) is 5.13 Å². The number of benzene rings is 1. The van der Waals surface area contributed by atoms with E-state index in [1.807, 2.05) is 12.1 Å². The van der Waals surface area contributed by atoms with Crippen LogP contribution in [0.1, 0.15) is 6.42 Å². The number of hydrogen-bond donors (Lipinski definition) is 2. The number of nitrogens with one attached hydrogen (secondary N) is 2. The Morgan fingerprint density at radius 1 is 1.50 bits per heavy atom. The minimum absolute atomic E-state index is 0.499. The van der Waals surface area contributed by atoms with Crippen molar-refractivity contribution in [3.63, 3.8) is 0 Å². The maximum Gasteiger partial charge on any atom is 0.184 e. The summed E-state index contributed by atoms with van der Waals surface area (Å²) < 4.78 is 1.14. The van der Waals surface area contributed by atoms with E-state index in [1.165, 1.54) is 0 Å². The van der Waals surface area contributed by atoms with Gasteiger partial charge >= 0.3 is 0 Å². The summed E-state index contributed by atoms with van der Waals surface area (Å²) in [5.41, 5.74) is 0.905. The molecule has 1 fully saturated rings. The predicted molar refractivity (Wildman–Crippen MR) is 69.5 cm³/mol. The quantitative estimate of drug-likeness (QED) is 0.864. The second-order valence-electron chi connectivity index (χ2n) is 3.94. The average molecular weight is 254 g/mol. The van der Waals surface area contributed by atoms with E-state index in [9.17, 15) is 0 Å². The van der Waals surface area contributed by atoms with Gasteiger partial charge in [-0.1, -0.05) is 29.0 Å². The largest absolute Gasteiger partial charge is 0.357 e. The van der Waals surface area contributed by atoms with Gasteiger partial charge in [0.1, 0.15) is 5.52 Å². The van der Waals surface area contributed by atoms with Gasteiger partial charge < -0.3 is 10.6 Å². The minimum atomic E-state index is 0.499. The molecule has 1 unspecified atom stereocenters. The second-order valence-corrected chi connectivity index (χ2v) is 5.38. The monoisotopic (exact) mass is 253 g/mol. The lowest BCUT2D eigenvalue weighted by Crippen LogP contribution is -2.21. The molecular weight excluding hydrogens is 242 g/mol. The zero-order chi connectivity index (χ0) is 11.0. The smallest absolute Gasteiger partial charge is 0.184 e. The Bertz CT molecular complexity index is 505. The van der Waals surface area contributed by atoms with Crippen molar-refractivity contribution in [3.8, 4) is 0 Å². The number of para-hydroxylation sites is 1. The summed E-state index contributed by atoms with van der Waals surface area (Å²) >= 11 is 7.75. The Balaban J connectivity index is 1.90. The maximum absolute atomic E-state index is 6.09. The molecule has 2 N–H and O–H groups in total. The molecule has 2 heterocycles. The third kappa shape index (κ3) is 1.88. The molecule has 1 aromatic carbocycles. The Hall–Kier alpha value is -0.840. The van der Waals surface area contributed by atoms with Crippen molar-refractivity contribution in [2.24, 2.45) is 0 Å². The SMILES string of the molecule is Clc1cccc2sc(NC3CCNC3)nc12. The van der Waals surface area contributed by atoms with E-state index >= 15 is 0 Å². The Morgan fingerprint density at radius 3 is 3.19 bits per heavy atom. The number of hydrogen-bond acceptors (Lipinski definition) is 4. The molecule has 0 bridgehead atoms. The summed E-state index contributed by atoms with van der Waals surface area (Å²) in [4.78, 5) is 4.52. The molecule has 1 aliphatic heterocycles. The topological polar surface area (TPSA) is 37.0 Å². The Morgan fingerprint density at radius 2 is 2.44 bits per heavy atom. The fraction of sp³-hybridized carbons (Fsp3) is 0.364. The highest BCUT2D eigenvalue weighted by Crippen LogP contribution is 2.31. The van der Waals surface area contributed by atoms with E-state index in [1.54, 1.807) is 11.3 Å². The van der Waals surface area contributed by atoms with Crippen LogP contribution in [0, 0.1) is 0 Å². The molecular formula is C11H12ClN3S. The van der Waals surface area contributed by atoms with E-state index in [-0.39, 0.29) is 0 Å². The first-order chi connectivity index (χ1) is 7.83.